The lowest BCUT2D eigenvalue weighted by Crippen LogP contribution is -2.18. The maximum Gasteiger partial charge on any atom is 0.338 e. The summed E-state index contributed by atoms with van der Waals surface area (Å²) in [5.74, 6) is 0.440. The molecule has 1 fully saturated rings. The van der Waals surface area contributed by atoms with Crippen molar-refractivity contribution < 1.29 is 19.1 Å². The zero-order valence-electron chi connectivity index (χ0n) is 18.6. The van der Waals surface area contributed by atoms with Crippen molar-refractivity contribution in [3.8, 4) is 11.4 Å². The van der Waals surface area contributed by atoms with Crippen LogP contribution in [0.4, 0.5) is 5.69 Å². The van der Waals surface area contributed by atoms with E-state index < -0.39 is 0 Å². The topological polar surface area (TPSA) is 95.3 Å². The number of rotatable bonds is 9. The van der Waals surface area contributed by atoms with Gasteiger partial charge in [-0.2, -0.15) is 0 Å². The molecule has 0 saturated carbocycles. The Hall–Kier alpha value is -2.69. The number of benzene rings is 1. The summed E-state index contributed by atoms with van der Waals surface area (Å²) in [5.41, 5.74) is 2.09. The number of thioether (sulfide) groups is 1. The second kappa shape index (κ2) is 11.0. The van der Waals surface area contributed by atoms with Gasteiger partial charge in [-0.25, -0.2) is 4.79 Å². The Labute approximate surface area is 200 Å². The summed E-state index contributed by atoms with van der Waals surface area (Å²) < 4.78 is 12.9. The van der Waals surface area contributed by atoms with E-state index in [4.69, 9.17) is 9.47 Å². The van der Waals surface area contributed by atoms with Gasteiger partial charge < -0.3 is 14.8 Å². The molecule has 174 valence electrons. The number of hydrogen-bond acceptors (Lipinski definition) is 8. The Morgan fingerprint density at radius 3 is 2.79 bits per heavy atom. The largest absolute Gasteiger partial charge is 0.462 e. The first kappa shape index (κ1) is 23.5. The number of carbonyl (C=O) groups excluding carboxylic acids is 2. The molecule has 1 unspecified atom stereocenters. The molecule has 2 aromatic heterocycles. The molecule has 4 rings (SSSR count). The number of hydrogen-bond donors (Lipinski definition) is 1. The molecule has 1 N–H and O–H groups in total. The van der Waals surface area contributed by atoms with Gasteiger partial charge in [-0.15, -0.1) is 21.5 Å². The highest BCUT2D eigenvalue weighted by Crippen LogP contribution is 2.29. The van der Waals surface area contributed by atoms with Crippen LogP contribution in [0.2, 0.25) is 0 Å². The van der Waals surface area contributed by atoms with Gasteiger partial charge in [0.05, 0.1) is 30.6 Å². The average molecular weight is 487 g/mol. The molecule has 33 heavy (non-hydrogen) atoms. The van der Waals surface area contributed by atoms with E-state index in [1.807, 2.05) is 0 Å². The van der Waals surface area contributed by atoms with Crippen LogP contribution in [-0.2, 0) is 20.8 Å². The first-order valence-electron chi connectivity index (χ1n) is 10.8. The molecule has 1 aliphatic heterocycles. The minimum Gasteiger partial charge on any atom is -0.462 e. The van der Waals surface area contributed by atoms with E-state index in [0.29, 0.717) is 29.6 Å². The second-order valence-corrected chi connectivity index (χ2v) is 9.69. The zero-order chi connectivity index (χ0) is 23.2. The molecule has 1 amide bonds. The fourth-order valence-electron chi connectivity index (χ4n) is 3.56. The molecule has 1 aliphatic rings. The predicted molar refractivity (Wildman–Crippen MR) is 129 cm³/mol. The van der Waals surface area contributed by atoms with Crippen molar-refractivity contribution >= 4 is 40.7 Å². The van der Waals surface area contributed by atoms with Crippen LogP contribution < -0.4 is 5.32 Å². The van der Waals surface area contributed by atoms with Gasteiger partial charge in [0.1, 0.15) is 0 Å². The number of nitrogens with one attached hydrogen (secondary N) is 1. The summed E-state index contributed by atoms with van der Waals surface area (Å²) in [7, 11) is 0. The molecule has 0 spiro atoms. The van der Waals surface area contributed by atoms with Gasteiger partial charge in [-0.05, 0) is 57.0 Å². The number of carbonyl (C=O) groups is 2. The van der Waals surface area contributed by atoms with E-state index in [1.165, 1.54) is 16.6 Å². The quantitative estimate of drug-likeness (QED) is 0.354. The highest BCUT2D eigenvalue weighted by Gasteiger charge is 2.22. The maximum atomic E-state index is 12.5. The fraction of sp³-hybridized carbons (Fsp3) is 0.391. The minimum absolute atomic E-state index is 0.130. The maximum absolute atomic E-state index is 12.5. The van der Waals surface area contributed by atoms with Crippen molar-refractivity contribution in [2.24, 2.45) is 0 Å². The van der Waals surface area contributed by atoms with E-state index in [2.05, 4.69) is 38.5 Å². The molecule has 1 saturated heterocycles. The molecular weight excluding hydrogens is 460 g/mol. The van der Waals surface area contributed by atoms with Gasteiger partial charge >= 0.3 is 5.97 Å². The van der Waals surface area contributed by atoms with Crippen molar-refractivity contribution in [2.45, 2.75) is 44.5 Å². The average Bonchev–Trinajstić information content (AvgIpc) is 3.55. The molecule has 0 bridgehead atoms. The summed E-state index contributed by atoms with van der Waals surface area (Å²) >= 11 is 3.02. The molecule has 0 aliphatic carbocycles. The van der Waals surface area contributed by atoms with E-state index in [0.717, 1.165) is 30.8 Å². The molecule has 10 heteroatoms. The standard InChI is InChI=1S/C23H26N4O4S2/c1-3-30-22(29)16-6-8-18(9-7-16)24-20(28)14-33-23-26-25-21(17-11-15(2)32-13-17)27(23)12-19-5-4-10-31-19/h6-9,11,13,19H,3-5,10,12,14H2,1-2H3,(H,24,28). The third kappa shape index (κ3) is 6.01. The minimum atomic E-state index is -0.381. The van der Waals surface area contributed by atoms with Crippen molar-refractivity contribution in [3.05, 3.63) is 46.2 Å². The highest BCUT2D eigenvalue weighted by atomic mass is 32.2. The summed E-state index contributed by atoms with van der Waals surface area (Å²) in [4.78, 5) is 25.5. The number of aromatic nitrogens is 3. The lowest BCUT2D eigenvalue weighted by Gasteiger charge is -2.14. The number of anilines is 1. The number of nitrogens with zero attached hydrogens (tertiary/aromatic N) is 3. The van der Waals surface area contributed by atoms with Gasteiger partial charge in [0.25, 0.3) is 0 Å². The Bertz CT molecular complexity index is 1100. The van der Waals surface area contributed by atoms with Gasteiger partial charge in [0, 0.05) is 28.1 Å². The molecule has 1 atom stereocenters. The van der Waals surface area contributed by atoms with Crippen LogP contribution in [0.3, 0.4) is 0 Å². The van der Waals surface area contributed by atoms with Gasteiger partial charge in [-0.3, -0.25) is 9.36 Å². The van der Waals surface area contributed by atoms with Crippen LogP contribution in [-0.4, -0.2) is 51.7 Å². The monoisotopic (exact) mass is 486 g/mol. The van der Waals surface area contributed by atoms with Crippen LogP contribution in [0.5, 0.6) is 0 Å². The third-order valence-electron chi connectivity index (χ3n) is 5.13. The van der Waals surface area contributed by atoms with E-state index in [1.54, 1.807) is 42.5 Å². The van der Waals surface area contributed by atoms with Crippen molar-refractivity contribution in [2.75, 3.05) is 24.3 Å². The SMILES string of the molecule is CCOC(=O)c1ccc(NC(=O)CSc2nnc(-c3csc(C)c3)n2CC2CCCO2)cc1. The van der Waals surface area contributed by atoms with Crippen molar-refractivity contribution in [1.29, 1.82) is 0 Å². The molecule has 3 heterocycles. The lowest BCUT2D eigenvalue weighted by atomic mass is 10.2. The fourth-order valence-corrected chi connectivity index (χ4v) is 4.99. The summed E-state index contributed by atoms with van der Waals surface area (Å²) in [6, 6.07) is 8.74. The van der Waals surface area contributed by atoms with Crippen LogP contribution in [0.25, 0.3) is 11.4 Å². The number of esters is 1. The molecule has 0 radical (unpaired) electrons. The molecule has 8 nitrogen and oxygen atoms in total. The smallest absolute Gasteiger partial charge is 0.338 e. The molecular formula is C23H26N4O4S2. The second-order valence-electron chi connectivity index (χ2n) is 7.63. The number of thiophene rings is 1. The van der Waals surface area contributed by atoms with Crippen molar-refractivity contribution in [3.63, 3.8) is 0 Å². The van der Waals surface area contributed by atoms with E-state index >= 15 is 0 Å². The van der Waals surface area contributed by atoms with Gasteiger partial charge in [0.15, 0.2) is 11.0 Å². The first-order valence-corrected chi connectivity index (χ1v) is 12.7. The van der Waals surface area contributed by atoms with E-state index in [-0.39, 0.29) is 23.7 Å². The lowest BCUT2D eigenvalue weighted by molar-refractivity contribution is -0.113. The number of ether oxygens (including phenoxy) is 2. The van der Waals surface area contributed by atoms with Crippen LogP contribution in [0, 0.1) is 6.92 Å². The van der Waals surface area contributed by atoms with Gasteiger partial charge in [0.2, 0.25) is 5.91 Å². The summed E-state index contributed by atoms with van der Waals surface area (Å²) in [6.07, 6.45) is 2.19. The number of amides is 1. The Morgan fingerprint density at radius 2 is 2.12 bits per heavy atom. The Balaban J connectivity index is 1.41. The number of aryl methyl sites for hydroxylation is 1. The Kier molecular flexibility index (Phi) is 7.79. The molecule has 3 aromatic rings. The first-order chi connectivity index (χ1) is 16.0. The zero-order valence-corrected chi connectivity index (χ0v) is 20.2. The predicted octanol–water partition coefficient (Wildman–Crippen LogP) is 4.40. The van der Waals surface area contributed by atoms with Crippen LogP contribution in [0.1, 0.15) is 35.0 Å². The van der Waals surface area contributed by atoms with Gasteiger partial charge in [-0.1, -0.05) is 11.8 Å². The van der Waals surface area contributed by atoms with Crippen molar-refractivity contribution in [1.82, 2.24) is 14.8 Å². The highest BCUT2D eigenvalue weighted by molar-refractivity contribution is 7.99. The normalized spacial score (nSPS) is 15.5. The summed E-state index contributed by atoms with van der Waals surface area (Å²) in [6.45, 7) is 5.58. The Morgan fingerprint density at radius 1 is 1.30 bits per heavy atom. The summed E-state index contributed by atoms with van der Waals surface area (Å²) in [5, 5.41) is 14.4. The van der Waals surface area contributed by atoms with Crippen LogP contribution in [0.15, 0.2) is 40.9 Å². The molecule has 1 aromatic carbocycles. The van der Waals surface area contributed by atoms with E-state index in [9.17, 15) is 9.59 Å². The van der Waals surface area contributed by atoms with Crippen LogP contribution >= 0.6 is 23.1 Å². The third-order valence-corrected chi connectivity index (χ3v) is 6.96.